The Kier molecular flexibility index (Phi) is 5.51. The van der Waals surface area contributed by atoms with Gasteiger partial charge in [0.05, 0.1) is 11.8 Å². The zero-order valence-electron chi connectivity index (χ0n) is 17.4. The minimum Gasteiger partial charge on any atom is -0.454 e. The summed E-state index contributed by atoms with van der Waals surface area (Å²) in [6.45, 7) is 2.32. The number of nitrogens with zero attached hydrogens (tertiary/aromatic N) is 1. The van der Waals surface area contributed by atoms with Gasteiger partial charge in [-0.15, -0.1) is 0 Å². The van der Waals surface area contributed by atoms with Crippen LogP contribution in [0.25, 0.3) is 0 Å². The molecule has 3 aliphatic rings. The number of fused-ring (bicyclic) bond motifs is 5. The molecule has 1 saturated heterocycles. The van der Waals surface area contributed by atoms with Crippen molar-refractivity contribution in [3.63, 3.8) is 0 Å². The van der Waals surface area contributed by atoms with Gasteiger partial charge in [-0.1, -0.05) is 0 Å². The molecule has 0 unspecified atom stereocenters. The Balaban J connectivity index is 1.29. The van der Waals surface area contributed by atoms with Crippen LogP contribution in [-0.2, 0) is 28.7 Å². The fraction of sp³-hybridized carbons (Fsp3) is 0.500. The molecule has 1 heterocycles. The van der Waals surface area contributed by atoms with Gasteiger partial charge >= 0.3 is 5.97 Å². The van der Waals surface area contributed by atoms with Crippen molar-refractivity contribution in [3.8, 4) is 0 Å². The molecule has 9 nitrogen and oxygen atoms in total. The lowest BCUT2D eigenvalue weighted by Gasteiger charge is -2.23. The normalized spacial score (nSPS) is 27.1. The van der Waals surface area contributed by atoms with Crippen molar-refractivity contribution in [3.05, 3.63) is 24.3 Å². The van der Waals surface area contributed by atoms with Gasteiger partial charge in [0.2, 0.25) is 17.7 Å². The summed E-state index contributed by atoms with van der Waals surface area (Å²) in [6, 6.07) is 5.39. The molecule has 0 radical (unpaired) electrons. The number of likely N-dealkylation sites (tertiary alicyclic amines) is 1. The second-order valence-corrected chi connectivity index (χ2v) is 8.52. The van der Waals surface area contributed by atoms with Gasteiger partial charge in [0, 0.05) is 18.3 Å². The van der Waals surface area contributed by atoms with Crippen molar-refractivity contribution < 1.29 is 28.7 Å². The number of carbonyl (C=O) groups is 5. The van der Waals surface area contributed by atoms with Crippen LogP contribution in [0.1, 0.15) is 33.1 Å². The van der Waals surface area contributed by atoms with Crippen LogP contribution in [0.4, 0.5) is 11.4 Å². The van der Waals surface area contributed by atoms with E-state index in [-0.39, 0.29) is 41.4 Å². The van der Waals surface area contributed by atoms with Crippen molar-refractivity contribution in [1.82, 2.24) is 4.90 Å². The number of nitrogens with one attached hydrogen (secondary N) is 2. The van der Waals surface area contributed by atoms with E-state index >= 15 is 0 Å². The summed E-state index contributed by atoms with van der Waals surface area (Å²) in [7, 11) is 0. The highest BCUT2D eigenvalue weighted by Crippen LogP contribution is 2.56. The van der Waals surface area contributed by atoms with Crippen molar-refractivity contribution in [2.45, 2.75) is 39.2 Å². The van der Waals surface area contributed by atoms with Gasteiger partial charge in [-0.25, -0.2) is 4.79 Å². The Hall–Kier alpha value is -3.23. The lowest BCUT2D eigenvalue weighted by molar-refractivity contribution is -0.159. The number of anilines is 2. The number of ether oxygens (including phenoxy) is 1. The molecular weight excluding hydrogens is 402 g/mol. The van der Waals surface area contributed by atoms with Gasteiger partial charge in [-0.05, 0) is 62.3 Å². The molecule has 3 fully saturated rings. The molecule has 5 atom stereocenters. The predicted octanol–water partition coefficient (Wildman–Crippen LogP) is 1.55. The lowest BCUT2D eigenvalue weighted by atomic mass is 9.81. The van der Waals surface area contributed by atoms with E-state index in [9.17, 15) is 24.0 Å². The summed E-state index contributed by atoms with van der Waals surface area (Å²) in [5.74, 6) is -2.23. The van der Waals surface area contributed by atoms with E-state index in [0.717, 1.165) is 24.2 Å². The highest BCUT2D eigenvalue weighted by molar-refractivity contribution is 6.08. The summed E-state index contributed by atoms with van der Waals surface area (Å²) in [5, 5.41) is 5.19. The first-order chi connectivity index (χ1) is 14.8. The number of carbonyl (C=O) groups excluding carboxylic acids is 5. The van der Waals surface area contributed by atoms with Crippen LogP contribution in [0, 0.1) is 23.7 Å². The van der Waals surface area contributed by atoms with Crippen LogP contribution in [0.15, 0.2) is 24.3 Å². The maximum absolute atomic E-state index is 12.8. The minimum atomic E-state index is -1.06. The first-order valence-corrected chi connectivity index (χ1v) is 10.5. The Morgan fingerprint density at radius 1 is 1.00 bits per heavy atom. The molecule has 2 N–H and O–H groups in total. The molecule has 164 valence electrons. The van der Waals surface area contributed by atoms with E-state index in [2.05, 4.69) is 10.6 Å². The molecule has 0 spiro atoms. The Morgan fingerprint density at radius 2 is 1.52 bits per heavy atom. The molecular formula is C22H25N3O6. The molecule has 9 heteroatoms. The number of benzene rings is 1. The van der Waals surface area contributed by atoms with E-state index in [1.165, 1.54) is 13.8 Å². The van der Waals surface area contributed by atoms with Crippen LogP contribution in [0.5, 0.6) is 0 Å². The molecule has 4 rings (SSSR count). The summed E-state index contributed by atoms with van der Waals surface area (Å²) in [6.07, 6.45) is 2.85. The average Bonchev–Trinajstić information content (AvgIpc) is 3.40. The SMILES string of the molecule is CC(=O)Nc1ccc(NC(=O)COC(=O)[C@H](C)N2C(=O)[C@@H]3[C@H]4CC[C@@H](C4)[C@H]3C2=O)cc1. The maximum atomic E-state index is 12.8. The van der Waals surface area contributed by atoms with Gasteiger partial charge < -0.3 is 15.4 Å². The van der Waals surface area contributed by atoms with Crippen molar-refractivity contribution in [2.24, 2.45) is 23.7 Å². The molecule has 0 aromatic heterocycles. The number of rotatable bonds is 6. The third kappa shape index (κ3) is 3.92. The zero-order valence-corrected chi connectivity index (χ0v) is 17.4. The third-order valence-electron chi connectivity index (χ3n) is 6.52. The average molecular weight is 427 g/mol. The van der Waals surface area contributed by atoms with Crippen LogP contribution in [-0.4, -0.2) is 47.1 Å². The highest BCUT2D eigenvalue weighted by atomic mass is 16.5. The molecule has 4 amide bonds. The van der Waals surface area contributed by atoms with E-state index in [1.807, 2.05) is 0 Å². The number of hydrogen-bond acceptors (Lipinski definition) is 6. The van der Waals surface area contributed by atoms with Crippen molar-refractivity contribution >= 4 is 41.0 Å². The van der Waals surface area contributed by atoms with E-state index in [0.29, 0.717) is 11.4 Å². The van der Waals surface area contributed by atoms with E-state index < -0.39 is 24.5 Å². The summed E-state index contributed by atoms with van der Waals surface area (Å²) in [4.78, 5) is 62.2. The zero-order chi connectivity index (χ0) is 22.3. The maximum Gasteiger partial charge on any atom is 0.329 e. The van der Waals surface area contributed by atoms with Gasteiger partial charge in [0.25, 0.3) is 5.91 Å². The number of hydrogen-bond donors (Lipinski definition) is 2. The van der Waals surface area contributed by atoms with Crippen LogP contribution in [0.2, 0.25) is 0 Å². The molecule has 31 heavy (non-hydrogen) atoms. The Labute approximate surface area is 179 Å². The van der Waals surface area contributed by atoms with Gasteiger partial charge in [-0.2, -0.15) is 0 Å². The Bertz CT molecular complexity index is 915. The van der Waals surface area contributed by atoms with Gasteiger partial charge in [0.1, 0.15) is 6.04 Å². The minimum absolute atomic E-state index is 0.205. The first kappa shape index (κ1) is 21.0. The van der Waals surface area contributed by atoms with Crippen LogP contribution >= 0.6 is 0 Å². The molecule has 1 aromatic rings. The van der Waals surface area contributed by atoms with Gasteiger partial charge in [-0.3, -0.25) is 24.1 Å². The largest absolute Gasteiger partial charge is 0.454 e. The molecule has 1 aromatic carbocycles. The van der Waals surface area contributed by atoms with Crippen molar-refractivity contribution in [1.29, 1.82) is 0 Å². The monoisotopic (exact) mass is 427 g/mol. The lowest BCUT2D eigenvalue weighted by Crippen LogP contribution is -2.45. The second kappa shape index (κ2) is 8.13. The first-order valence-electron chi connectivity index (χ1n) is 10.5. The molecule has 2 saturated carbocycles. The number of amides is 4. The van der Waals surface area contributed by atoms with E-state index in [4.69, 9.17) is 4.74 Å². The highest BCUT2D eigenvalue weighted by Gasteiger charge is 2.62. The third-order valence-corrected chi connectivity index (χ3v) is 6.52. The number of imide groups is 1. The topological polar surface area (TPSA) is 122 Å². The molecule has 1 aliphatic heterocycles. The van der Waals surface area contributed by atoms with Crippen LogP contribution in [0.3, 0.4) is 0 Å². The van der Waals surface area contributed by atoms with Gasteiger partial charge in [0.15, 0.2) is 6.61 Å². The second-order valence-electron chi connectivity index (χ2n) is 8.52. The quantitative estimate of drug-likeness (QED) is 0.525. The standard InChI is InChI=1S/C22H25N3O6/c1-11(25-20(28)18-13-3-4-14(9-13)19(18)21(25)29)22(30)31-10-17(27)24-16-7-5-15(6-8-16)23-12(2)26/h5-8,11,13-14,18-19H,3-4,9-10H2,1-2H3,(H,23,26)(H,24,27)/t11-,13-,14-,18+,19+/m0/s1. The Morgan fingerprint density at radius 3 is 2.03 bits per heavy atom. The summed E-state index contributed by atoms with van der Waals surface area (Å²) in [5.41, 5.74) is 1.06. The molecule has 2 aliphatic carbocycles. The smallest absolute Gasteiger partial charge is 0.329 e. The summed E-state index contributed by atoms with van der Waals surface area (Å²) < 4.78 is 5.06. The molecule has 2 bridgehead atoms. The predicted molar refractivity (Wildman–Crippen MR) is 109 cm³/mol. The summed E-state index contributed by atoms with van der Waals surface area (Å²) >= 11 is 0. The fourth-order valence-corrected chi connectivity index (χ4v) is 5.21. The van der Waals surface area contributed by atoms with Crippen LogP contribution < -0.4 is 10.6 Å². The van der Waals surface area contributed by atoms with E-state index in [1.54, 1.807) is 24.3 Å². The number of esters is 1. The van der Waals surface area contributed by atoms with Crippen molar-refractivity contribution in [2.75, 3.05) is 17.2 Å². The fourth-order valence-electron chi connectivity index (χ4n) is 5.21.